The fraction of sp³-hybridized carbons (Fsp3) is 0.188. The lowest BCUT2D eigenvalue weighted by Gasteiger charge is -2.09. The van der Waals surface area contributed by atoms with Crippen molar-refractivity contribution in [3.05, 3.63) is 58.1 Å². The van der Waals surface area contributed by atoms with Crippen LogP contribution in [0.2, 0.25) is 0 Å². The van der Waals surface area contributed by atoms with Crippen LogP contribution in [0.5, 0.6) is 5.75 Å². The van der Waals surface area contributed by atoms with E-state index in [0.717, 1.165) is 14.9 Å². The molecule has 2 aromatic carbocycles. The topological polar surface area (TPSA) is 26.3 Å². The van der Waals surface area contributed by atoms with Crippen LogP contribution in [0.3, 0.4) is 0 Å². The summed E-state index contributed by atoms with van der Waals surface area (Å²) in [5.74, 6) is 1.10. The predicted molar refractivity (Wildman–Crippen MR) is 86.9 cm³/mol. The Bertz CT molecular complexity index is 626. The van der Waals surface area contributed by atoms with E-state index in [0.29, 0.717) is 17.1 Å². The lowest BCUT2D eigenvalue weighted by Crippen LogP contribution is -2.05. The van der Waals surface area contributed by atoms with Crippen LogP contribution in [0.25, 0.3) is 0 Å². The van der Waals surface area contributed by atoms with E-state index in [9.17, 15) is 4.79 Å². The van der Waals surface area contributed by atoms with Gasteiger partial charge in [0.15, 0.2) is 5.78 Å². The highest BCUT2D eigenvalue weighted by atomic mass is 79.9. The van der Waals surface area contributed by atoms with Gasteiger partial charge in [-0.05, 0) is 52.7 Å². The summed E-state index contributed by atoms with van der Waals surface area (Å²) >= 11 is 5.00. The fourth-order valence-corrected chi connectivity index (χ4v) is 3.26. The Morgan fingerprint density at radius 2 is 2.00 bits per heavy atom. The Hall–Kier alpha value is -1.26. The number of aryl methyl sites for hydroxylation is 1. The minimum atomic E-state index is 0.0719. The Balaban J connectivity index is 2.11. The van der Waals surface area contributed by atoms with Crippen molar-refractivity contribution in [2.45, 2.75) is 11.8 Å². The zero-order chi connectivity index (χ0) is 14.5. The highest BCUT2D eigenvalue weighted by molar-refractivity contribution is 9.10. The summed E-state index contributed by atoms with van der Waals surface area (Å²) in [4.78, 5) is 13.4. The SMILES string of the molecule is COc1cc(C)ccc1C(=O)CSc1ccccc1Br. The molecule has 0 saturated heterocycles. The number of hydrogen-bond acceptors (Lipinski definition) is 3. The van der Waals surface area contributed by atoms with Gasteiger partial charge in [0, 0.05) is 9.37 Å². The van der Waals surface area contributed by atoms with Gasteiger partial charge in [-0.25, -0.2) is 0 Å². The van der Waals surface area contributed by atoms with Crippen LogP contribution >= 0.6 is 27.7 Å². The van der Waals surface area contributed by atoms with Crippen LogP contribution in [0.4, 0.5) is 0 Å². The summed E-state index contributed by atoms with van der Waals surface area (Å²) in [6, 6.07) is 13.5. The summed E-state index contributed by atoms with van der Waals surface area (Å²) in [5, 5.41) is 0. The zero-order valence-corrected chi connectivity index (χ0v) is 13.8. The number of hydrogen-bond donors (Lipinski definition) is 0. The van der Waals surface area contributed by atoms with Gasteiger partial charge in [0.05, 0.1) is 18.4 Å². The van der Waals surface area contributed by atoms with Crippen molar-refractivity contribution in [3.63, 3.8) is 0 Å². The van der Waals surface area contributed by atoms with Crippen molar-refractivity contribution in [3.8, 4) is 5.75 Å². The molecule has 0 aliphatic carbocycles. The number of thioether (sulfide) groups is 1. The summed E-state index contributed by atoms with van der Waals surface area (Å²) in [6.07, 6.45) is 0. The van der Waals surface area contributed by atoms with Crippen LogP contribution in [-0.4, -0.2) is 18.6 Å². The van der Waals surface area contributed by atoms with Gasteiger partial charge in [0.2, 0.25) is 0 Å². The number of carbonyl (C=O) groups is 1. The Kier molecular flexibility index (Phi) is 5.26. The first-order chi connectivity index (χ1) is 9.61. The summed E-state index contributed by atoms with van der Waals surface area (Å²) < 4.78 is 6.29. The van der Waals surface area contributed by atoms with Crippen molar-refractivity contribution in [2.24, 2.45) is 0 Å². The first-order valence-corrected chi connectivity index (χ1v) is 7.95. The molecule has 4 heteroatoms. The fourth-order valence-electron chi connectivity index (χ4n) is 1.81. The van der Waals surface area contributed by atoms with Gasteiger partial charge in [-0.1, -0.05) is 18.2 Å². The van der Waals surface area contributed by atoms with Gasteiger partial charge in [-0.2, -0.15) is 0 Å². The summed E-state index contributed by atoms with van der Waals surface area (Å²) in [5.41, 5.74) is 1.72. The van der Waals surface area contributed by atoms with E-state index >= 15 is 0 Å². The van der Waals surface area contributed by atoms with Crippen LogP contribution in [0, 0.1) is 6.92 Å². The number of methoxy groups -OCH3 is 1. The van der Waals surface area contributed by atoms with E-state index in [2.05, 4.69) is 15.9 Å². The molecule has 0 bridgehead atoms. The molecule has 0 aromatic heterocycles. The zero-order valence-electron chi connectivity index (χ0n) is 11.4. The molecular weight excluding hydrogens is 336 g/mol. The van der Waals surface area contributed by atoms with Crippen LogP contribution < -0.4 is 4.74 Å². The number of Topliss-reactive ketones (excluding diaryl/α,β-unsaturated/α-hetero) is 1. The molecule has 0 radical (unpaired) electrons. The highest BCUT2D eigenvalue weighted by Gasteiger charge is 2.13. The minimum Gasteiger partial charge on any atom is -0.496 e. The normalized spacial score (nSPS) is 10.3. The first-order valence-electron chi connectivity index (χ1n) is 6.17. The van der Waals surface area contributed by atoms with Gasteiger partial charge in [0.1, 0.15) is 5.75 Å². The number of carbonyl (C=O) groups excluding carboxylic acids is 1. The monoisotopic (exact) mass is 350 g/mol. The molecule has 2 aromatic rings. The number of rotatable bonds is 5. The maximum atomic E-state index is 12.3. The second kappa shape index (κ2) is 6.95. The molecule has 0 spiro atoms. The van der Waals surface area contributed by atoms with E-state index < -0.39 is 0 Å². The van der Waals surface area contributed by atoms with Crippen molar-refractivity contribution in [1.82, 2.24) is 0 Å². The van der Waals surface area contributed by atoms with Crippen molar-refractivity contribution in [1.29, 1.82) is 0 Å². The molecule has 0 unspecified atom stereocenters. The van der Waals surface area contributed by atoms with E-state index in [-0.39, 0.29) is 5.78 Å². The summed E-state index contributed by atoms with van der Waals surface area (Å²) in [6.45, 7) is 1.98. The largest absolute Gasteiger partial charge is 0.496 e. The Morgan fingerprint density at radius 3 is 2.70 bits per heavy atom. The van der Waals surface area contributed by atoms with Crippen LogP contribution in [0.1, 0.15) is 15.9 Å². The molecular formula is C16H15BrO2S. The average molecular weight is 351 g/mol. The lowest BCUT2D eigenvalue weighted by molar-refractivity contribution is 0.101. The average Bonchev–Trinajstić information content (AvgIpc) is 2.46. The van der Waals surface area contributed by atoms with Crippen molar-refractivity contribution in [2.75, 3.05) is 12.9 Å². The molecule has 104 valence electrons. The highest BCUT2D eigenvalue weighted by Crippen LogP contribution is 2.29. The number of ketones is 1. The van der Waals surface area contributed by atoms with E-state index in [1.54, 1.807) is 7.11 Å². The molecule has 0 amide bonds. The van der Waals surface area contributed by atoms with Gasteiger partial charge >= 0.3 is 0 Å². The van der Waals surface area contributed by atoms with Gasteiger partial charge in [0.25, 0.3) is 0 Å². The third-order valence-corrected chi connectivity index (χ3v) is 4.88. The molecule has 2 nitrogen and oxygen atoms in total. The molecule has 0 N–H and O–H groups in total. The van der Waals surface area contributed by atoms with Gasteiger partial charge in [-0.3, -0.25) is 4.79 Å². The van der Waals surface area contributed by atoms with Crippen molar-refractivity contribution >= 4 is 33.5 Å². The maximum Gasteiger partial charge on any atom is 0.176 e. The quantitative estimate of drug-likeness (QED) is 0.575. The van der Waals surface area contributed by atoms with Crippen LogP contribution in [-0.2, 0) is 0 Å². The molecule has 0 saturated carbocycles. The number of ether oxygens (including phenoxy) is 1. The second-order valence-corrected chi connectivity index (χ2v) is 6.22. The summed E-state index contributed by atoms with van der Waals surface area (Å²) in [7, 11) is 1.59. The smallest absolute Gasteiger partial charge is 0.176 e. The third-order valence-electron chi connectivity index (χ3n) is 2.85. The molecule has 0 fully saturated rings. The molecule has 0 heterocycles. The second-order valence-electron chi connectivity index (χ2n) is 4.35. The molecule has 0 aliphatic heterocycles. The van der Waals surface area contributed by atoms with E-state index in [4.69, 9.17) is 4.74 Å². The minimum absolute atomic E-state index is 0.0719. The van der Waals surface area contributed by atoms with Crippen molar-refractivity contribution < 1.29 is 9.53 Å². The molecule has 20 heavy (non-hydrogen) atoms. The predicted octanol–water partition coefficient (Wildman–Crippen LogP) is 4.74. The van der Waals surface area contributed by atoms with E-state index in [1.807, 2.05) is 49.4 Å². The number of benzene rings is 2. The van der Waals surface area contributed by atoms with Gasteiger partial charge in [-0.15, -0.1) is 11.8 Å². The van der Waals surface area contributed by atoms with E-state index in [1.165, 1.54) is 11.8 Å². The third kappa shape index (κ3) is 3.64. The van der Waals surface area contributed by atoms with Crippen LogP contribution in [0.15, 0.2) is 51.8 Å². The standard InChI is InChI=1S/C16H15BrO2S/c1-11-7-8-12(15(9-11)19-2)14(18)10-20-16-6-4-3-5-13(16)17/h3-9H,10H2,1-2H3. The van der Waals surface area contributed by atoms with Gasteiger partial charge < -0.3 is 4.74 Å². The Labute approximate surface area is 131 Å². The Morgan fingerprint density at radius 1 is 1.25 bits per heavy atom. The molecule has 0 aliphatic rings. The molecule has 2 rings (SSSR count). The lowest BCUT2D eigenvalue weighted by atomic mass is 10.1. The maximum absolute atomic E-state index is 12.3. The first kappa shape index (κ1) is 15.1. The number of halogens is 1. The molecule has 0 atom stereocenters.